The van der Waals surface area contributed by atoms with Crippen LogP contribution in [0.5, 0.6) is 11.8 Å². The molecule has 8 heterocycles. The maximum atomic E-state index is 16.2. The molecule has 6 atom stereocenters. The van der Waals surface area contributed by atoms with Crippen LogP contribution in [0.25, 0.3) is 54.6 Å². The summed E-state index contributed by atoms with van der Waals surface area (Å²) in [5.41, 5.74) is 10.8. The van der Waals surface area contributed by atoms with Crippen LogP contribution < -0.4 is 25.0 Å². The molecule has 4 aliphatic heterocycles. The number of amides is 2. The van der Waals surface area contributed by atoms with Gasteiger partial charge in [0.1, 0.15) is 47.6 Å². The molecular formula is C61H67FN12O7S. The highest BCUT2D eigenvalue weighted by molar-refractivity contribution is 7.13. The van der Waals surface area contributed by atoms with Gasteiger partial charge in [-0.05, 0) is 84.9 Å². The predicted octanol–water partition coefficient (Wildman–Crippen LogP) is 8.27. The first-order valence-corrected chi connectivity index (χ1v) is 29.5. The average Bonchev–Trinajstić information content (AvgIpc) is 4.04. The van der Waals surface area contributed by atoms with Crippen molar-refractivity contribution in [3.05, 3.63) is 112 Å². The van der Waals surface area contributed by atoms with Crippen molar-refractivity contribution in [3.63, 3.8) is 0 Å². The van der Waals surface area contributed by atoms with Crippen LogP contribution in [0.4, 0.5) is 10.2 Å². The van der Waals surface area contributed by atoms with Gasteiger partial charge in [-0.15, -0.1) is 16.4 Å². The summed E-state index contributed by atoms with van der Waals surface area (Å²) in [6, 6.07) is 17.5. The molecule has 0 radical (unpaired) electrons. The summed E-state index contributed by atoms with van der Waals surface area (Å²) >= 11 is 1.54. The molecule has 13 rings (SSSR count). The smallest absolute Gasteiger partial charge is 0.319 e. The topological polar surface area (TPSA) is 231 Å². The number of likely N-dealkylation sites (tertiary alicyclic amines) is 1. The Morgan fingerprint density at radius 3 is 2.45 bits per heavy atom. The Morgan fingerprint density at radius 1 is 0.963 bits per heavy atom. The third kappa shape index (κ3) is 10.1. The lowest BCUT2D eigenvalue weighted by Gasteiger charge is -2.33. The standard InChI is InChI=1S/C61H67FN12O7S/c1-32(2)55(60(78)73-27-42(76)21-51(73)59(77)66-50(29-75)38-12-14-39(15-13-38)57-34(4)64-31-82-57)74-28-49(70-71-74)37-10-8-35(9-11-37)30-80-56-53(52-33(3)47(62)23-48-46(52)25-65-69-48)44(36-6-5-7-36)22-45-54(56)67-61(81-43-16-18-79-19-17-43)68-58(45)72-26-40-20-41(72)24-63-40/h8-15,22-23,25,28,31-32,36,40-43,50-51,55,63,75-76H,5-7,16-21,24,26-27,29-30H2,1-4H3,(H,65,69)(H,66,77)/t40-,41-,42+,50-,51-,55-/m0/s1. The Labute approximate surface area is 477 Å². The number of carbonyl (C=O) groups is 2. The van der Waals surface area contributed by atoms with Crippen LogP contribution in [0.1, 0.15) is 105 Å². The summed E-state index contributed by atoms with van der Waals surface area (Å²) < 4.78 is 37.3. The summed E-state index contributed by atoms with van der Waals surface area (Å²) in [6.45, 7) is 10.2. The lowest BCUT2D eigenvalue weighted by molar-refractivity contribution is -0.142. The second-order valence-corrected chi connectivity index (χ2v) is 23.9. The van der Waals surface area contributed by atoms with E-state index in [4.69, 9.17) is 24.2 Å². The molecule has 5 fully saturated rings. The van der Waals surface area contributed by atoms with E-state index in [0.29, 0.717) is 58.4 Å². The second-order valence-electron chi connectivity index (χ2n) is 23.1. The van der Waals surface area contributed by atoms with Crippen LogP contribution in [0, 0.1) is 25.6 Å². The highest BCUT2D eigenvalue weighted by atomic mass is 32.1. The number of benzene rings is 4. The zero-order valence-corrected chi connectivity index (χ0v) is 47.2. The number of carbonyl (C=O) groups excluding carboxylic acids is 2. The molecule has 5 N–H and O–H groups in total. The van der Waals surface area contributed by atoms with Gasteiger partial charge in [0.25, 0.3) is 0 Å². The van der Waals surface area contributed by atoms with Gasteiger partial charge in [-0.2, -0.15) is 15.1 Å². The Balaban J connectivity index is 0.791. The third-order valence-corrected chi connectivity index (χ3v) is 18.4. The highest BCUT2D eigenvalue weighted by Gasteiger charge is 2.44. The second kappa shape index (κ2) is 22.4. The van der Waals surface area contributed by atoms with Gasteiger partial charge in [0.2, 0.25) is 11.8 Å². The number of H-pyrrole nitrogens is 1. The first-order valence-electron chi connectivity index (χ1n) is 28.7. The van der Waals surface area contributed by atoms with Gasteiger partial charge in [-0.1, -0.05) is 74.0 Å². The van der Waals surface area contributed by atoms with Crippen molar-refractivity contribution in [2.75, 3.05) is 44.4 Å². The van der Waals surface area contributed by atoms with Crippen LogP contribution in [-0.2, 0) is 20.9 Å². The zero-order chi connectivity index (χ0) is 56.3. The normalized spacial score (nSPS) is 21.0. The van der Waals surface area contributed by atoms with Crippen molar-refractivity contribution in [3.8, 4) is 44.6 Å². The van der Waals surface area contributed by atoms with Crippen LogP contribution >= 0.6 is 11.3 Å². The number of aliphatic hydroxyl groups is 2. The number of aromatic nitrogens is 8. The van der Waals surface area contributed by atoms with Gasteiger partial charge in [0, 0.05) is 78.4 Å². The number of hydrogen-bond donors (Lipinski definition) is 5. The monoisotopic (exact) mass is 1130 g/mol. The number of fused-ring (bicyclic) bond motifs is 4. The Kier molecular flexibility index (Phi) is 14.7. The number of hydrogen-bond acceptors (Lipinski definition) is 16. The molecule has 4 saturated heterocycles. The lowest BCUT2D eigenvalue weighted by atomic mass is 9.75. The lowest BCUT2D eigenvalue weighted by Crippen LogP contribution is -2.50. The summed E-state index contributed by atoms with van der Waals surface area (Å²) in [7, 11) is 0. The summed E-state index contributed by atoms with van der Waals surface area (Å²) in [6.07, 6.45) is 8.00. The molecule has 426 valence electrons. The molecule has 8 aromatic rings. The van der Waals surface area contributed by atoms with E-state index in [1.54, 1.807) is 29.2 Å². The molecule has 2 amide bonds. The molecule has 19 nitrogen and oxygen atoms in total. The Bertz CT molecular complexity index is 3670. The minimum atomic E-state index is -0.978. The van der Waals surface area contributed by atoms with Crippen molar-refractivity contribution < 1.29 is 38.4 Å². The number of halogens is 1. The van der Waals surface area contributed by atoms with Gasteiger partial charge >= 0.3 is 6.01 Å². The van der Waals surface area contributed by atoms with E-state index in [1.165, 1.54) is 15.6 Å². The zero-order valence-electron chi connectivity index (χ0n) is 46.3. The van der Waals surface area contributed by atoms with Gasteiger partial charge < -0.3 is 44.9 Å². The molecule has 1 saturated carbocycles. The molecule has 0 spiro atoms. The number of aromatic amines is 1. The Hall–Kier alpha value is -7.43. The maximum absolute atomic E-state index is 16.2. The summed E-state index contributed by atoms with van der Waals surface area (Å²) in [4.78, 5) is 48.4. The van der Waals surface area contributed by atoms with E-state index in [2.05, 4.69) is 47.1 Å². The molecule has 2 bridgehead atoms. The van der Waals surface area contributed by atoms with E-state index >= 15 is 4.39 Å². The molecule has 21 heteroatoms. The first kappa shape index (κ1) is 53.9. The molecule has 5 aliphatic rings. The number of anilines is 1. The van der Waals surface area contributed by atoms with Crippen molar-refractivity contribution >= 4 is 50.8 Å². The number of ether oxygens (including phenoxy) is 3. The summed E-state index contributed by atoms with van der Waals surface area (Å²) in [5.74, 6) is 0.0806. The third-order valence-electron chi connectivity index (χ3n) is 17.4. The van der Waals surface area contributed by atoms with Crippen molar-refractivity contribution in [2.45, 2.75) is 128 Å². The quantitative estimate of drug-likeness (QED) is 0.0578. The molecule has 0 unspecified atom stereocenters. The number of piperazine rings is 1. The van der Waals surface area contributed by atoms with Crippen molar-refractivity contribution in [2.24, 2.45) is 5.92 Å². The van der Waals surface area contributed by atoms with Crippen LogP contribution in [-0.4, -0.2) is 137 Å². The SMILES string of the molecule is Cc1ncsc1-c1ccc([C@H](CO)NC(=O)[C@@H]2C[C@@H](O)CN2C(=O)[C@H](C(C)C)n2cc(-c3ccc(COc4c(-c5c(C)c(F)cc6[nH]ncc56)c(C5CCC5)cc5c(N6C[C@@H]7C[C@H]6CN7)nc(OC6CCOCC6)nc45)cc3)nn2)cc1. The molecule has 4 aromatic heterocycles. The molecule has 4 aromatic carbocycles. The first-order chi connectivity index (χ1) is 39.9. The number of nitrogens with zero attached hydrogens (tertiary/aromatic N) is 9. The average molecular weight is 1130 g/mol. The minimum Gasteiger partial charge on any atom is -0.486 e. The highest BCUT2D eigenvalue weighted by Crippen LogP contribution is 2.52. The van der Waals surface area contributed by atoms with Crippen molar-refractivity contribution in [1.82, 2.24) is 55.7 Å². The van der Waals surface area contributed by atoms with Gasteiger partial charge in [0.15, 0.2) is 5.75 Å². The largest absolute Gasteiger partial charge is 0.486 e. The number of rotatable bonds is 17. The van der Waals surface area contributed by atoms with Gasteiger partial charge in [0.05, 0.1) is 66.0 Å². The van der Waals surface area contributed by atoms with Gasteiger partial charge in [-0.25, -0.2) is 14.1 Å². The van der Waals surface area contributed by atoms with E-state index in [0.717, 1.165) is 107 Å². The minimum absolute atomic E-state index is 0.0357. The fraction of sp³-hybridized carbons (Fsp3) is 0.443. The fourth-order valence-corrected chi connectivity index (χ4v) is 13.6. The van der Waals surface area contributed by atoms with Crippen molar-refractivity contribution in [1.29, 1.82) is 0 Å². The van der Waals surface area contributed by atoms with E-state index in [-0.39, 0.29) is 67.9 Å². The van der Waals surface area contributed by atoms with Crippen LogP contribution in [0.3, 0.4) is 0 Å². The van der Waals surface area contributed by atoms with E-state index in [1.807, 2.05) is 76.2 Å². The number of aliphatic hydroxyl groups excluding tert-OH is 2. The predicted molar refractivity (Wildman–Crippen MR) is 308 cm³/mol. The number of nitrogens with one attached hydrogen (secondary N) is 3. The summed E-state index contributed by atoms with van der Waals surface area (Å²) in [5, 5.41) is 46.0. The molecular weight excluding hydrogens is 1060 g/mol. The number of thiazole rings is 1. The van der Waals surface area contributed by atoms with Gasteiger partial charge in [-0.3, -0.25) is 14.7 Å². The molecule has 82 heavy (non-hydrogen) atoms. The van der Waals surface area contributed by atoms with E-state index in [9.17, 15) is 19.8 Å². The van der Waals surface area contributed by atoms with E-state index < -0.39 is 30.1 Å². The number of aryl methyl sites for hydroxylation is 1. The maximum Gasteiger partial charge on any atom is 0.319 e. The van der Waals surface area contributed by atoms with Crippen LogP contribution in [0.2, 0.25) is 0 Å². The Morgan fingerprint density at radius 2 is 1.76 bits per heavy atom. The van der Waals surface area contributed by atoms with Crippen LogP contribution in [0.15, 0.2) is 78.6 Å². The number of β-amino-alcohol motifs (C(OH)–C–C–N with tert-alkyl or cyclic N) is 1. The molecule has 1 aliphatic carbocycles. The fourth-order valence-electron chi connectivity index (χ4n) is 12.8.